The topological polar surface area (TPSA) is 50.3 Å². The van der Waals surface area contributed by atoms with Gasteiger partial charge < -0.3 is 4.90 Å². The van der Waals surface area contributed by atoms with Crippen LogP contribution in [0.3, 0.4) is 0 Å². The van der Waals surface area contributed by atoms with Gasteiger partial charge in [0.15, 0.2) is 0 Å². The van der Waals surface area contributed by atoms with Crippen LogP contribution < -0.4 is 4.90 Å². The molecule has 124 valence electrons. The summed E-state index contributed by atoms with van der Waals surface area (Å²) in [5.74, 6) is 0.454. The zero-order chi connectivity index (χ0) is 16.9. The minimum atomic E-state index is -3.07. The van der Waals surface area contributed by atoms with E-state index in [2.05, 4.69) is 4.98 Å². The summed E-state index contributed by atoms with van der Waals surface area (Å²) in [6.07, 6.45) is 4.95. The average Bonchev–Trinajstić information content (AvgIpc) is 2.52. The highest BCUT2D eigenvalue weighted by Crippen LogP contribution is 2.19. The SMILES string of the molecule is CSc1ccc(N(CCS(C)(=O)=O)Cc2ccc(F)cc2)nc1. The molecule has 2 rings (SSSR count). The minimum Gasteiger partial charge on any atom is -0.351 e. The van der Waals surface area contributed by atoms with Crippen LogP contribution in [0.25, 0.3) is 0 Å². The quantitative estimate of drug-likeness (QED) is 0.716. The number of hydrogen-bond acceptors (Lipinski definition) is 5. The van der Waals surface area contributed by atoms with Crippen LogP contribution >= 0.6 is 11.8 Å². The number of nitrogens with zero attached hydrogens (tertiary/aromatic N) is 2. The molecule has 2 aromatic rings. The van der Waals surface area contributed by atoms with Gasteiger partial charge in [-0.2, -0.15) is 0 Å². The summed E-state index contributed by atoms with van der Waals surface area (Å²) >= 11 is 1.59. The number of sulfone groups is 1. The van der Waals surface area contributed by atoms with Crippen molar-refractivity contribution in [2.75, 3.05) is 29.7 Å². The van der Waals surface area contributed by atoms with Gasteiger partial charge in [-0.15, -0.1) is 11.8 Å². The number of hydrogen-bond donors (Lipinski definition) is 0. The van der Waals surface area contributed by atoms with E-state index in [1.54, 1.807) is 30.1 Å². The monoisotopic (exact) mass is 354 g/mol. The second kappa shape index (κ2) is 7.79. The molecule has 4 nitrogen and oxygen atoms in total. The van der Waals surface area contributed by atoms with Crippen molar-refractivity contribution in [3.05, 3.63) is 54.0 Å². The fourth-order valence-electron chi connectivity index (χ4n) is 2.04. The van der Waals surface area contributed by atoms with Crippen LogP contribution in [0.15, 0.2) is 47.5 Å². The minimum absolute atomic E-state index is 0.0418. The third kappa shape index (κ3) is 5.84. The van der Waals surface area contributed by atoms with Crippen molar-refractivity contribution >= 4 is 27.4 Å². The Labute approximate surface area is 140 Å². The van der Waals surface area contributed by atoms with Gasteiger partial charge in [-0.05, 0) is 36.1 Å². The smallest absolute Gasteiger partial charge is 0.149 e. The van der Waals surface area contributed by atoms with Gasteiger partial charge in [-0.1, -0.05) is 12.1 Å². The molecule has 0 atom stereocenters. The van der Waals surface area contributed by atoms with E-state index in [0.717, 1.165) is 10.5 Å². The average molecular weight is 354 g/mol. The van der Waals surface area contributed by atoms with Crippen molar-refractivity contribution in [2.45, 2.75) is 11.4 Å². The molecule has 0 unspecified atom stereocenters. The normalized spacial score (nSPS) is 11.4. The lowest BCUT2D eigenvalue weighted by atomic mass is 10.2. The molecule has 0 fully saturated rings. The standard InChI is InChI=1S/C16H19FN2O2S2/c1-22-15-7-8-16(18-11-15)19(9-10-23(2,20)21)12-13-3-5-14(17)6-4-13/h3-8,11H,9-10,12H2,1-2H3. The van der Waals surface area contributed by atoms with E-state index in [9.17, 15) is 12.8 Å². The number of anilines is 1. The number of aromatic nitrogens is 1. The Bertz CT molecular complexity index is 732. The maximum atomic E-state index is 13.0. The van der Waals surface area contributed by atoms with Gasteiger partial charge in [-0.25, -0.2) is 17.8 Å². The third-order valence-electron chi connectivity index (χ3n) is 3.30. The maximum Gasteiger partial charge on any atom is 0.149 e. The summed E-state index contributed by atoms with van der Waals surface area (Å²) in [6.45, 7) is 0.809. The predicted molar refractivity (Wildman–Crippen MR) is 93.2 cm³/mol. The fraction of sp³-hybridized carbons (Fsp3) is 0.312. The largest absolute Gasteiger partial charge is 0.351 e. The number of thioether (sulfide) groups is 1. The molecular formula is C16H19FN2O2S2. The van der Waals surface area contributed by atoms with Gasteiger partial charge in [0.25, 0.3) is 0 Å². The lowest BCUT2D eigenvalue weighted by Gasteiger charge is -2.23. The van der Waals surface area contributed by atoms with Crippen molar-refractivity contribution in [1.82, 2.24) is 4.98 Å². The Balaban J connectivity index is 2.20. The molecule has 0 N–H and O–H groups in total. The summed E-state index contributed by atoms with van der Waals surface area (Å²) in [5.41, 5.74) is 0.899. The molecule has 23 heavy (non-hydrogen) atoms. The molecule has 0 saturated carbocycles. The second-order valence-corrected chi connectivity index (χ2v) is 8.37. The molecule has 0 amide bonds. The molecule has 0 aliphatic carbocycles. The fourth-order valence-corrected chi connectivity index (χ4v) is 2.96. The van der Waals surface area contributed by atoms with E-state index >= 15 is 0 Å². The van der Waals surface area contributed by atoms with Gasteiger partial charge in [0.1, 0.15) is 21.5 Å². The van der Waals surface area contributed by atoms with Crippen molar-refractivity contribution in [3.63, 3.8) is 0 Å². The molecule has 0 aliphatic heterocycles. The summed E-state index contributed by atoms with van der Waals surface area (Å²) in [7, 11) is -3.07. The number of pyridine rings is 1. The Morgan fingerprint density at radius 3 is 2.39 bits per heavy atom. The number of benzene rings is 1. The van der Waals surface area contributed by atoms with Gasteiger partial charge >= 0.3 is 0 Å². The number of rotatable bonds is 7. The molecule has 0 radical (unpaired) electrons. The first-order chi connectivity index (χ1) is 10.9. The first-order valence-corrected chi connectivity index (χ1v) is 10.3. The Morgan fingerprint density at radius 1 is 1.17 bits per heavy atom. The van der Waals surface area contributed by atoms with E-state index in [1.165, 1.54) is 18.4 Å². The second-order valence-electron chi connectivity index (χ2n) is 5.23. The van der Waals surface area contributed by atoms with Crippen molar-refractivity contribution in [2.24, 2.45) is 0 Å². The van der Waals surface area contributed by atoms with E-state index in [0.29, 0.717) is 18.9 Å². The Hall–Kier alpha value is -1.60. The van der Waals surface area contributed by atoms with Gasteiger partial charge in [-0.3, -0.25) is 0 Å². The summed E-state index contributed by atoms with van der Waals surface area (Å²) < 4.78 is 36.0. The van der Waals surface area contributed by atoms with Gasteiger partial charge in [0.2, 0.25) is 0 Å². The molecule has 1 aromatic heterocycles. The van der Waals surface area contributed by atoms with Crippen LogP contribution in [0.5, 0.6) is 0 Å². The Kier molecular flexibility index (Phi) is 6.01. The first-order valence-electron chi connectivity index (χ1n) is 7.04. The van der Waals surface area contributed by atoms with E-state index in [-0.39, 0.29) is 11.6 Å². The van der Waals surface area contributed by atoms with E-state index in [1.807, 2.05) is 23.3 Å². The summed E-state index contributed by atoms with van der Waals surface area (Å²) in [6, 6.07) is 10.0. The van der Waals surface area contributed by atoms with Crippen LogP contribution in [0.2, 0.25) is 0 Å². The van der Waals surface area contributed by atoms with Crippen LogP contribution in [0.1, 0.15) is 5.56 Å². The molecule has 1 aromatic carbocycles. The van der Waals surface area contributed by atoms with Crippen LogP contribution in [-0.2, 0) is 16.4 Å². The molecule has 0 bridgehead atoms. The third-order valence-corrected chi connectivity index (χ3v) is 4.94. The molecule has 1 heterocycles. The van der Waals surface area contributed by atoms with Crippen LogP contribution in [0.4, 0.5) is 10.2 Å². The highest BCUT2D eigenvalue weighted by molar-refractivity contribution is 7.98. The Morgan fingerprint density at radius 2 is 1.87 bits per heavy atom. The van der Waals surface area contributed by atoms with Crippen LogP contribution in [-0.4, -0.2) is 38.2 Å². The molecular weight excluding hydrogens is 335 g/mol. The zero-order valence-corrected chi connectivity index (χ0v) is 14.7. The highest BCUT2D eigenvalue weighted by Gasteiger charge is 2.12. The van der Waals surface area contributed by atoms with Gasteiger partial charge in [0.05, 0.1) is 5.75 Å². The van der Waals surface area contributed by atoms with E-state index in [4.69, 9.17) is 0 Å². The molecule has 7 heteroatoms. The lowest BCUT2D eigenvalue weighted by molar-refractivity contribution is 0.600. The first kappa shape index (κ1) is 17.7. The summed E-state index contributed by atoms with van der Waals surface area (Å²) in [4.78, 5) is 7.33. The van der Waals surface area contributed by atoms with Gasteiger partial charge in [0, 0.05) is 30.4 Å². The van der Waals surface area contributed by atoms with Crippen molar-refractivity contribution in [3.8, 4) is 0 Å². The van der Waals surface area contributed by atoms with Crippen molar-refractivity contribution < 1.29 is 12.8 Å². The highest BCUT2D eigenvalue weighted by atomic mass is 32.2. The lowest BCUT2D eigenvalue weighted by Crippen LogP contribution is -2.29. The predicted octanol–water partition coefficient (Wildman–Crippen LogP) is 2.99. The molecule has 0 spiro atoms. The maximum absolute atomic E-state index is 13.0. The number of halogens is 1. The summed E-state index contributed by atoms with van der Waals surface area (Å²) in [5, 5.41) is 0. The van der Waals surface area contributed by atoms with E-state index < -0.39 is 9.84 Å². The molecule has 0 saturated heterocycles. The zero-order valence-electron chi connectivity index (χ0n) is 13.1. The van der Waals surface area contributed by atoms with Crippen LogP contribution in [0, 0.1) is 5.82 Å². The van der Waals surface area contributed by atoms with Crippen molar-refractivity contribution in [1.29, 1.82) is 0 Å². The molecule has 0 aliphatic rings.